The number of nitrogens with one attached hydrogen (secondary N) is 1. The van der Waals surface area contributed by atoms with Gasteiger partial charge < -0.3 is 0 Å². The molecule has 118 valence electrons. The van der Waals surface area contributed by atoms with Crippen LogP contribution < -0.4 is 5.32 Å². The summed E-state index contributed by atoms with van der Waals surface area (Å²) >= 11 is 0. The van der Waals surface area contributed by atoms with Crippen molar-refractivity contribution >= 4 is 0 Å². The maximum atomic E-state index is 9.56. The zero-order valence-electron chi connectivity index (χ0n) is 13.6. The summed E-state index contributed by atoms with van der Waals surface area (Å²) in [5, 5.41) is 13.1. The van der Waals surface area contributed by atoms with Gasteiger partial charge in [-0.2, -0.15) is 5.26 Å². The van der Waals surface area contributed by atoms with Gasteiger partial charge in [0.05, 0.1) is 6.07 Å². The number of rotatable bonds is 5. The number of fused-ring (bicyclic) bond motifs is 1. The third-order valence-corrected chi connectivity index (χ3v) is 5.54. The Morgan fingerprint density at radius 2 is 2.05 bits per heavy atom. The van der Waals surface area contributed by atoms with Crippen LogP contribution in [0.1, 0.15) is 52.4 Å². The summed E-state index contributed by atoms with van der Waals surface area (Å²) in [6, 6.07) is 4.38. The molecule has 1 N–H and O–H groups in total. The minimum atomic E-state index is -0.357. The fraction of sp³-hybridized carbons (Fsp3) is 0.941. The fourth-order valence-electron chi connectivity index (χ4n) is 4.12. The van der Waals surface area contributed by atoms with Gasteiger partial charge in [0.1, 0.15) is 5.54 Å². The molecule has 3 aliphatic rings. The maximum Gasteiger partial charge on any atom is 0.105 e. The zero-order valence-corrected chi connectivity index (χ0v) is 13.6. The van der Waals surface area contributed by atoms with Gasteiger partial charge in [0.15, 0.2) is 0 Å². The normalized spacial score (nSPS) is 32.0. The van der Waals surface area contributed by atoms with E-state index in [2.05, 4.69) is 35.0 Å². The molecule has 3 rings (SSSR count). The second kappa shape index (κ2) is 6.24. The number of piperazine rings is 1. The van der Waals surface area contributed by atoms with Crippen LogP contribution in [0.4, 0.5) is 0 Å². The van der Waals surface area contributed by atoms with Gasteiger partial charge in [-0.05, 0) is 52.5 Å². The van der Waals surface area contributed by atoms with Crippen molar-refractivity contribution in [1.82, 2.24) is 15.1 Å². The predicted molar refractivity (Wildman–Crippen MR) is 85.0 cm³/mol. The first-order valence-electron chi connectivity index (χ1n) is 8.77. The Labute approximate surface area is 129 Å². The minimum absolute atomic E-state index is 0.357. The summed E-state index contributed by atoms with van der Waals surface area (Å²) in [7, 11) is 0. The van der Waals surface area contributed by atoms with Crippen molar-refractivity contribution in [3.8, 4) is 6.07 Å². The van der Waals surface area contributed by atoms with Crippen LogP contribution in [0.5, 0.6) is 0 Å². The number of nitrogens with zero attached hydrogens (tertiary/aromatic N) is 3. The van der Waals surface area contributed by atoms with E-state index in [0.717, 1.165) is 12.5 Å². The van der Waals surface area contributed by atoms with Gasteiger partial charge in [-0.1, -0.05) is 6.42 Å². The molecule has 2 saturated heterocycles. The summed E-state index contributed by atoms with van der Waals surface area (Å²) in [6.45, 7) is 9.27. The fourth-order valence-corrected chi connectivity index (χ4v) is 4.12. The zero-order chi connectivity index (χ0) is 14.9. The van der Waals surface area contributed by atoms with Crippen LogP contribution in [-0.2, 0) is 0 Å². The molecule has 3 atom stereocenters. The van der Waals surface area contributed by atoms with Crippen molar-refractivity contribution < 1.29 is 0 Å². The molecule has 0 radical (unpaired) electrons. The first kappa shape index (κ1) is 15.3. The van der Waals surface area contributed by atoms with Crippen molar-refractivity contribution in [3.63, 3.8) is 0 Å². The molecule has 2 aliphatic heterocycles. The first-order valence-corrected chi connectivity index (χ1v) is 8.77. The van der Waals surface area contributed by atoms with E-state index in [1.165, 1.54) is 58.3 Å². The van der Waals surface area contributed by atoms with Gasteiger partial charge in [-0.25, -0.2) is 0 Å². The topological polar surface area (TPSA) is 42.3 Å². The van der Waals surface area contributed by atoms with Crippen LogP contribution in [0.2, 0.25) is 0 Å². The number of hydrogen-bond acceptors (Lipinski definition) is 4. The van der Waals surface area contributed by atoms with Crippen molar-refractivity contribution in [2.45, 2.75) is 76.0 Å². The Kier molecular flexibility index (Phi) is 4.54. The molecule has 0 aromatic heterocycles. The Balaban J connectivity index is 1.54. The Bertz CT molecular complexity index is 400. The van der Waals surface area contributed by atoms with E-state index >= 15 is 0 Å². The third-order valence-electron chi connectivity index (χ3n) is 5.54. The molecule has 4 nitrogen and oxygen atoms in total. The molecular formula is C17H30N4. The lowest BCUT2D eigenvalue weighted by Crippen LogP contribution is -2.58. The van der Waals surface area contributed by atoms with Gasteiger partial charge in [0, 0.05) is 37.8 Å². The van der Waals surface area contributed by atoms with E-state index in [1.807, 2.05) is 0 Å². The second-order valence-corrected chi connectivity index (χ2v) is 7.60. The second-order valence-electron chi connectivity index (χ2n) is 7.60. The standard InChI is InChI=1S/C17H30N4/c1-14(11-17(2,13-18)19-15-6-7-15)21-10-9-20-8-4-3-5-16(20)12-21/h14-16,19H,3-12H2,1-2H3. The number of hydrogen-bond donors (Lipinski definition) is 1. The summed E-state index contributed by atoms with van der Waals surface area (Å²) in [6.07, 6.45) is 7.55. The quantitative estimate of drug-likeness (QED) is 0.840. The molecular weight excluding hydrogens is 260 g/mol. The minimum Gasteiger partial charge on any atom is -0.298 e. The smallest absolute Gasteiger partial charge is 0.105 e. The summed E-state index contributed by atoms with van der Waals surface area (Å²) < 4.78 is 0. The van der Waals surface area contributed by atoms with Gasteiger partial charge in [-0.3, -0.25) is 15.1 Å². The number of piperidine rings is 1. The summed E-state index contributed by atoms with van der Waals surface area (Å²) in [5.41, 5.74) is -0.357. The number of nitriles is 1. The summed E-state index contributed by atoms with van der Waals surface area (Å²) in [5.74, 6) is 0. The van der Waals surface area contributed by atoms with Crippen LogP contribution in [0.25, 0.3) is 0 Å². The van der Waals surface area contributed by atoms with E-state index in [0.29, 0.717) is 12.1 Å². The van der Waals surface area contributed by atoms with Crippen molar-refractivity contribution in [3.05, 3.63) is 0 Å². The van der Waals surface area contributed by atoms with Crippen LogP contribution >= 0.6 is 0 Å². The molecule has 0 bridgehead atoms. The van der Waals surface area contributed by atoms with Crippen LogP contribution in [-0.4, -0.2) is 59.6 Å². The average Bonchev–Trinajstić information content (AvgIpc) is 3.30. The predicted octanol–water partition coefficient (Wildman–Crippen LogP) is 1.97. The molecule has 21 heavy (non-hydrogen) atoms. The van der Waals surface area contributed by atoms with Crippen LogP contribution in [0.3, 0.4) is 0 Å². The largest absolute Gasteiger partial charge is 0.298 e. The van der Waals surface area contributed by atoms with Gasteiger partial charge in [-0.15, -0.1) is 0 Å². The SMILES string of the molecule is CC(CC(C)(C#N)NC1CC1)N1CCN2CCCCC2C1. The van der Waals surface area contributed by atoms with Crippen LogP contribution in [0.15, 0.2) is 0 Å². The highest BCUT2D eigenvalue weighted by Gasteiger charge is 2.37. The molecule has 3 unspecified atom stereocenters. The highest BCUT2D eigenvalue weighted by molar-refractivity contribution is 5.08. The molecule has 3 fully saturated rings. The Hall–Kier alpha value is -0.630. The van der Waals surface area contributed by atoms with E-state index < -0.39 is 0 Å². The van der Waals surface area contributed by atoms with E-state index in [9.17, 15) is 5.26 Å². The monoisotopic (exact) mass is 290 g/mol. The van der Waals surface area contributed by atoms with Crippen molar-refractivity contribution in [1.29, 1.82) is 5.26 Å². The molecule has 4 heteroatoms. The highest BCUT2D eigenvalue weighted by Crippen LogP contribution is 2.27. The molecule has 1 saturated carbocycles. The Morgan fingerprint density at radius 1 is 1.24 bits per heavy atom. The Morgan fingerprint density at radius 3 is 2.76 bits per heavy atom. The molecule has 0 aromatic carbocycles. The van der Waals surface area contributed by atoms with E-state index in [1.54, 1.807) is 0 Å². The van der Waals surface area contributed by atoms with Gasteiger partial charge in [0.2, 0.25) is 0 Å². The maximum absolute atomic E-state index is 9.56. The molecule has 2 heterocycles. The molecule has 1 aliphatic carbocycles. The van der Waals surface area contributed by atoms with Gasteiger partial charge in [0.25, 0.3) is 0 Å². The average molecular weight is 290 g/mol. The lowest BCUT2D eigenvalue weighted by atomic mass is 9.92. The van der Waals surface area contributed by atoms with E-state index in [-0.39, 0.29) is 5.54 Å². The molecule has 0 aromatic rings. The van der Waals surface area contributed by atoms with Crippen molar-refractivity contribution in [2.75, 3.05) is 26.2 Å². The van der Waals surface area contributed by atoms with Crippen LogP contribution in [0, 0.1) is 11.3 Å². The molecule has 0 amide bonds. The lowest BCUT2D eigenvalue weighted by Gasteiger charge is -2.46. The lowest BCUT2D eigenvalue weighted by molar-refractivity contribution is 0.0254. The first-order chi connectivity index (χ1) is 10.1. The van der Waals surface area contributed by atoms with Crippen molar-refractivity contribution in [2.24, 2.45) is 0 Å². The molecule has 0 spiro atoms. The summed E-state index contributed by atoms with van der Waals surface area (Å²) in [4.78, 5) is 5.30. The van der Waals surface area contributed by atoms with Gasteiger partial charge >= 0.3 is 0 Å². The van der Waals surface area contributed by atoms with E-state index in [4.69, 9.17) is 0 Å². The third kappa shape index (κ3) is 3.77. The highest BCUT2D eigenvalue weighted by atomic mass is 15.3.